The number of nitrogens with one attached hydrogen (secondary N) is 2. The van der Waals surface area contributed by atoms with Crippen LogP contribution < -0.4 is 10.6 Å². The van der Waals surface area contributed by atoms with Crippen LogP contribution in [0.3, 0.4) is 0 Å². The fourth-order valence-corrected chi connectivity index (χ4v) is 1.89. The van der Waals surface area contributed by atoms with E-state index in [1.807, 2.05) is 26.1 Å². The molecule has 0 radical (unpaired) electrons. The number of hydrogen-bond acceptors (Lipinski definition) is 6. The largest absolute Gasteiger partial charge is 0.481 e. The molecular formula is C13H22N2O6S. The molecule has 0 saturated carbocycles. The van der Waals surface area contributed by atoms with E-state index in [1.54, 1.807) is 0 Å². The van der Waals surface area contributed by atoms with Gasteiger partial charge in [0.1, 0.15) is 6.04 Å². The molecule has 0 heterocycles. The Labute approximate surface area is 134 Å². The number of rotatable bonds is 9. The number of ketones is 1. The molecule has 0 spiro atoms. The first-order chi connectivity index (χ1) is 9.97. The SMILES string of the molecule is CC(C)(C)N[C@@H](CS)C(=O)C(=O)N[C@@H](CCC(=O)O)C(=O)O. The van der Waals surface area contributed by atoms with E-state index in [0.29, 0.717) is 0 Å². The quantitative estimate of drug-likeness (QED) is 0.288. The molecule has 0 bridgehead atoms. The van der Waals surface area contributed by atoms with Gasteiger partial charge in [0.2, 0.25) is 5.78 Å². The van der Waals surface area contributed by atoms with Crippen molar-refractivity contribution >= 4 is 36.3 Å². The van der Waals surface area contributed by atoms with Gasteiger partial charge in [0.05, 0.1) is 6.04 Å². The molecule has 9 heteroatoms. The molecule has 0 aromatic heterocycles. The molecule has 2 atom stereocenters. The fraction of sp³-hybridized carbons (Fsp3) is 0.692. The normalized spacial score (nSPS) is 14.0. The molecule has 22 heavy (non-hydrogen) atoms. The summed E-state index contributed by atoms with van der Waals surface area (Å²) in [7, 11) is 0. The highest BCUT2D eigenvalue weighted by Crippen LogP contribution is 2.05. The lowest BCUT2D eigenvalue weighted by Crippen LogP contribution is -2.54. The molecular weight excluding hydrogens is 312 g/mol. The van der Waals surface area contributed by atoms with Gasteiger partial charge in [-0.15, -0.1) is 0 Å². The van der Waals surface area contributed by atoms with Crippen LogP contribution >= 0.6 is 12.6 Å². The van der Waals surface area contributed by atoms with Crippen LogP contribution in [-0.2, 0) is 19.2 Å². The lowest BCUT2D eigenvalue weighted by Gasteiger charge is -2.26. The van der Waals surface area contributed by atoms with Crippen molar-refractivity contribution in [3.8, 4) is 0 Å². The van der Waals surface area contributed by atoms with Crippen LogP contribution in [0, 0.1) is 0 Å². The van der Waals surface area contributed by atoms with Crippen molar-refractivity contribution in [2.24, 2.45) is 0 Å². The zero-order chi connectivity index (χ0) is 17.5. The van der Waals surface area contributed by atoms with Crippen LogP contribution in [0.2, 0.25) is 0 Å². The molecule has 1 amide bonds. The summed E-state index contributed by atoms with van der Waals surface area (Å²) in [6.07, 6.45) is -0.733. The molecule has 0 aliphatic rings. The Kier molecular flexibility index (Phi) is 8.10. The summed E-state index contributed by atoms with van der Waals surface area (Å²) in [6.45, 7) is 5.42. The second-order valence-electron chi connectivity index (χ2n) is 5.79. The van der Waals surface area contributed by atoms with E-state index in [4.69, 9.17) is 10.2 Å². The molecule has 0 aromatic rings. The zero-order valence-corrected chi connectivity index (χ0v) is 13.6. The van der Waals surface area contributed by atoms with Crippen LogP contribution in [0.4, 0.5) is 0 Å². The first-order valence-corrected chi connectivity index (χ1v) is 7.29. The van der Waals surface area contributed by atoms with Crippen LogP contribution in [-0.4, -0.2) is 57.2 Å². The van der Waals surface area contributed by atoms with Gasteiger partial charge in [-0.1, -0.05) is 0 Å². The number of carboxylic acid groups (broad SMARTS) is 2. The van der Waals surface area contributed by atoms with Gasteiger partial charge >= 0.3 is 11.9 Å². The van der Waals surface area contributed by atoms with Crippen molar-refractivity contribution in [1.29, 1.82) is 0 Å². The fourth-order valence-electron chi connectivity index (χ4n) is 1.63. The predicted octanol–water partition coefficient (Wildman–Crippen LogP) is -0.324. The summed E-state index contributed by atoms with van der Waals surface area (Å²) in [5, 5.41) is 22.5. The minimum absolute atomic E-state index is 0.0659. The molecule has 8 nitrogen and oxygen atoms in total. The second kappa shape index (κ2) is 8.74. The van der Waals surface area contributed by atoms with E-state index in [1.165, 1.54) is 0 Å². The van der Waals surface area contributed by atoms with Gasteiger partial charge in [-0.05, 0) is 27.2 Å². The molecule has 0 aliphatic carbocycles. The number of thiol groups is 1. The van der Waals surface area contributed by atoms with E-state index in [2.05, 4.69) is 17.9 Å². The zero-order valence-electron chi connectivity index (χ0n) is 12.8. The van der Waals surface area contributed by atoms with Crippen molar-refractivity contribution in [2.45, 2.75) is 51.2 Å². The number of aliphatic carboxylic acids is 2. The predicted molar refractivity (Wildman–Crippen MR) is 82.0 cm³/mol. The van der Waals surface area contributed by atoms with Gasteiger partial charge in [0.25, 0.3) is 5.91 Å². The summed E-state index contributed by atoms with van der Waals surface area (Å²) in [6, 6.07) is -2.29. The first kappa shape index (κ1) is 20.4. The number of hydrogen-bond donors (Lipinski definition) is 5. The summed E-state index contributed by atoms with van der Waals surface area (Å²) >= 11 is 4.00. The molecule has 0 aliphatic heterocycles. The average molecular weight is 334 g/mol. The number of amides is 1. The van der Waals surface area contributed by atoms with E-state index in [-0.39, 0.29) is 12.2 Å². The minimum Gasteiger partial charge on any atom is -0.481 e. The Hall–Kier alpha value is -1.61. The maximum Gasteiger partial charge on any atom is 0.326 e. The molecule has 126 valence electrons. The van der Waals surface area contributed by atoms with Gasteiger partial charge < -0.3 is 20.8 Å². The van der Waals surface area contributed by atoms with E-state index in [9.17, 15) is 19.2 Å². The van der Waals surface area contributed by atoms with Crippen molar-refractivity contribution in [2.75, 3.05) is 5.75 Å². The van der Waals surface area contributed by atoms with Gasteiger partial charge in [0.15, 0.2) is 0 Å². The third-order valence-electron chi connectivity index (χ3n) is 2.58. The number of carbonyl (C=O) groups excluding carboxylic acids is 2. The van der Waals surface area contributed by atoms with E-state index >= 15 is 0 Å². The Morgan fingerprint density at radius 2 is 1.64 bits per heavy atom. The lowest BCUT2D eigenvalue weighted by molar-refractivity contribution is -0.145. The smallest absolute Gasteiger partial charge is 0.326 e. The van der Waals surface area contributed by atoms with Gasteiger partial charge in [0, 0.05) is 17.7 Å². The van der Waals surface area contributed by atoms with Crippen molar-refractivity contribution < 1.29 is 29.4 Å². The van der Waals surface area contributed by atoms with Crippen LogP contribution in [0.5, 0.6) is 0 Å². The van der Waals surface area contributed by atoms with Gasteiger partial charge in [-0.2, -0.15) is 12.6 Å². The lowest BCUT2D eigenvalue weighted by atomic mass is 10.0. The molecule has 0 fully saturated rings. The summed E-state index contributed by atoms with van der Waals surface area (Å²) in [5.74, 6) is -4.43. The van der Waals surface area contributed by atoms with Crippen LogP contribution in [0.25, 0.3) is 0 Å². The molecule has 0 unspecified atom stereocenters. The average Bonchev–Trinajstić information content (AvgIpc) is 2.37. The number of Topliss-reactive ketones (excluding diaryl/α,β-unsaturated/α-hetero) is 1. The summed E-state index contributed by atoms with van der Waals surface area (Å²) < 4.78 is 0. The van der Waals surface area contributed by atoms with Crippen LogP contribution in [0.15, 0.2) is 0 Å². The monoisotopic (exact) mass is 334 g/mol. The Morgan fingerprint density at radius 3 is 2.00 bits per heavy atom. The van der Waals surface area contributed by atoms with Crippen molar-refractivity contribution in [1.82, 2.24) is 10.6 Å². The highest BCUT2D eigenvalue weighted by molar-refractivity contribution is 7.80. The van der Waals surface area contributed by atoms with Crippen LogP contribution in [0.1, 0.15) is 33.6 Å². The standard InChI is InChI=1S/C13H22N2O6S/c1-13(2,3)15-8(6-22)10(18)11(19)14-7(12(20)21)4-5-9(16)17/h7-8,15,22H,4-6H2,1-3H3,(H,14,19)(H,16,17)(H,20,21)/t7-,8-/m0/s1. The van der Waals surface area contributed by atoms with Gasteiger partial charge in [-0.25, -0.2) is 4.79 Å². The Bertz CT molecular complexity index is 446. The van der Waals surface area contributed by atoms with Crippen molar-refractivity contribution in [3.63, 3.8) is 0 Å². The topological polar surface area (TPSA) is 133 Å². The third-order valence-corrected chi connectivity index (χ3v) is 2.95. The maximum atomic E-state index is 12.0. The number of carbonyl (C=O) groups is 4. The molecule has 0 aromatic carbocycles. The Morgan fingerprint density at radius 1 is 1.09 bits per heavy atom. The first-order valence-electron chi connectivity index (χ1n) is 6.65. The summed E-state index contributed by atoms with van der Waals surface area (Å²) in [4.78, 5) is 45.3. The van der Waals surface area contributed by atoms with Gasteiger partial charge in [-0.3, -0.25) is 14.4 Å². The minimum atomic E-state index is -1.43. The highest BCUT2D eigenvalue weighted by Gasteiger charge is 2.30. The molecule has 0 saturated heterocycles. The molecule has 0 rings (SSSR count). The third kappa shape index (κ3) is 7.99. The van der Waals surface area contributed by atoms with E-state index < -0.39 is 47.7 Å². The van der Waals surface area contributed by atoms with E-state index in [0.717, 1.165) is 0 Å². The summed E-state index contributed by atoms with van der Waals surface area (Å²) in [5.41, 5.74) is -0.432. The van der Waals surface area contributed by atoms with Crippen molar-refractivity contribution in [3.05, 3.63) is 0 Å². The Balaban J connectivity index is 4.80. The maximum absolute atomic E-state index is 12.0. The molecule has 4 N–H and O–H groups in total. The highest BCUT2D eigenvalue weighted by atomic mass is 32.1. The number of carboxylic acids is 2. The second-order valence-corrected chi connectivity index (χ2v) is 6.16.